The zero-order chi connectivity index (χ0) is 16.9. The summed E-state index contributed by atoms with van der Waals surface area (Å²) < 4.78 is 31.7. The van der Waals surface area contributed by atoms with Crippen molar-refractivity contribution in [3.63, 3.8) is 0 Å². The molecule has 6 nitrogen and oxygen atoms in total. The van der Waals surface area contributed by atoms with Crippen molar-refractivity contribution < 1.29 is 32.7 Å². The highest BCUT2D eigenvalue weighted by atomic mass is 32.2. The minimum Gasteiger partial charge on any atom is -0.475 e. The van der Waals surface area contributed by atoms with E-state index < -0.39 is 12.1 Å². The van der Waals surface area contributed by atoms with Crippen molar-refractivity contribution in [2.75, 3.05) is 18.8 Å². The summed E-state index contributed by atoms with van der Waals surface area (Å²) in [6.07, 6.45) is -2.09. The summed E-state index contributed by atoms with van der Waals surface area (Å²) in [4.78, 5) is 30.5. The second-order valence-electron chi connectivity index (χ2n) is 3.78. The molecule has 0 radical (unpaired) electrons. The van der Waals surface area contributed by atoms with Crippen molar-refractivity contribution >= 4 is 28.8 Å². The number of alkyl halides is 3. The molecular weight excluding hydrogens is 313 g/mol. The molecule has 4 N–H and O–H groups in total. The average Bonchev–Trinajstić information content (AvgIpc) is 2.35. The average molecular weight is 332 g/mol. The Morgan fingerprint density at radius 1 is 1.19 bits per heavy atom. The highest BCUT2D eigenvalue weighted by Crippen LogP contribution is 2.13. The van der Waals surface area contributed by atoms with E-state index in [1.54, 1.807) is 0 Å². The Kier molecular flexibility index (Phi) is 13.0. The van der Waals surface area contributed by atoms with Crippen molar-refractivity contribution in [2.24, 2.45) is 5.73 Å². The van der Waals surface area contributed by atoms with E-state index >= 15 is 0 Å². The first-order valence-corrected chi connectivity index (χ1v) is 7.00. The lowest BCUT2D eigenvalue weighted by atomic mass is 10.2. The summed E-state index contributed by atoms with van der Waals surface area (Å²) in [5.41, 5.74) is 5.32. The molecule has 0 atom stereocenters. The van der Waals surface area contributed by atoms with Crippen LogP contribution in [0, 0.1) is 0 Å². The van der Waals surface area contributed by atoms with Crippen LogP contribution in [0.2, 0.25) is 0 Å². The van der Waals surface area contributed by atoms with Gasteiger partial charge >= 0.3 is 12.1 Å². The number of nitrogens with one attached hydrogen (secondary N) is 1. The summed E-state index contributed by atoms with van der Waals surface area (Å²) in [6, 6.07) is 0. The van der Waals surface area contributed by atoms with Gasteiger partial charge in [0.05, 0.1) is 5.75 Å². The number of carbonyl (C=O) groups is 3. The van der Waals surface area contributed by atoms with Crippen LogP contribution in [0.5, 0.6) is 0 Å². The first-order valence-electron chi connectivity index (χ1n) is 6.01. The van der Waals surface area contributed by atoms with Gasteiger partial charge in [-0.15, -0.1) is 0 Å². The SMILES string of the molecule is CC(=O)SCC(=O)NCCCCCN.O=C(O)C(F)(F)F. The lowest BCUT2D eigenvalue weighted by Gasteiger charge is -2.03. The Hall–Kier alpha value is -1.29. The number of aliphatic carboxylic acids is 1. The third-order valence-corrected chi connectivity index (χ3v) is 2.67. The van der Waals surface area contributed by atoms with Gasteiger partial charge in [-0.1, -0.05) is 18.2 Å². The molecule has 0 spiro atoms. The third kappa shape index (κ3) is 18.7. The van der Waals surface area contributed by atoms with E-state index in [0.717, 1.165) is 31.0 Å². The van der Waals surface area contributed by atoms with Gasteiger partial charge in [-0.2, -0.15) is 13.2 Å². The number of carboxylic acid groups (broad SMARTS) is 1. The van der Waals surface area contributed by atoms with E-state index in [4.69, 9.17) is 15.6 Å². The van der Waals surface area contributed by atoms with E-state index in [0.29, 0.717) is 13.1 Å². The molecule has 21 heavy (non-hydrogen) atoms. The maximum Gasteiger partial charge on any atom is 0.490 e. The van der Waals surface area contributed by atoms with Crippen molar-refractivity contribution in [3.8, 4) is 0 Å². The number of carbonyl (C=O) groups excluding carboxylic acids is 2. The van der Waals surface area contributed by atoms with Crippen LogP contribution in [0.1, 0.15) is 26.2 Å². The molecule has 0 rings (SSSR count). The molecular formula is C11H19F3N2O4S. The fourth-order valence-corrected chi connectivity index (χ4v) is 1.33. The van der Waals surface area contributed by atoms with E-state index in [2.05, 4.69) is 5.32 Å². The molecule has 0 bridgehead atoms. The maximum absolute atomic E-state index is 11.1. The standard InChI is InChI=1S/C9H18N2O2S.C2HF3O2/c1-8(12)14-7-9(13)11-6-4-2-3-5-10;3-2(4,5)1(6)7/h2-7,10H2,1H3,(H,11,13);(H,6,7). The zero-order valence-corrected chi connectivity index (χ0v) is 12.4. The monoisotopic (exact) mass is 332 g/mol. The Morgan fingerprint density at radius 2 is 1.71 bits per heavy atom. The number of halogens is 3. The molecule has 0 aromatic carbocycles. The Balaban J connectivity index is 0. The molecule has 0 saturated heterocycles. The first kappa shape index (κ1) is 22.0. The zero-order valence-electron chi connectivity index (χ0n) is 11.5. The summed E-state index contributed by atoms with van der Waals surface area (Å²) in [7, 11) is 0. The van der Waals surface area contributed by atoms with Crippen molar-refractivity contribution in [2.45, 2.75) is 32.4 Å². The van der Waals surface area contributed by atoms with Gasteiger partial charge < -0.3 is 16.2 Å². The highest BCUT2D eigenvalue weighted by molar-refractivity contribution is 8.14. The number of rotatable bonds is 7. The van der Waals surface area contributed by atoms with Crippen LogP contribution in [0.4, 0.5) is 13.2 Å². The van der Waals surface area contributed by atoms with Gasteiger partial charge in [0.15, 0.2) is 5.12 Å². The number of amides is 1. The summed E-state index contributed by atoms with van der Waals surface area (Å²) in [6.45, 7) is 2.84. The molecule has 0 aliphatic heterocycles. The molecule has 0 aliphatic carbocycles. The smallest absolute Gasteiger partial charge is 0.475 e. The van der Waals surface area contributed by atoms with Gasteiger partial charge in [0.2, 0.25) is 5.91 Å². The third-order valence-electron chi connectivity index (χ3n) is 1.85. The van der Waals surface area contributed by atoms with E-state index in [1.807, 2.05) is 0 Å². The van der Waals surface area contributed by atoms with Crippen LogP contribution < -0.4 is 11.1 Å². The minimum absolute atomic E-state index is 0.0247. The molecule has 10 heteroatoms. The number of unbranched alkanes of at least 4 members (excludes halogenated alkanes) is 2. The van der Waals surface area contributed by atoms with Crippen molar-refractivity contribution in [3.05, 3.63) is 0 Å². The first-order chi connectivity index (χ1) is 9.61. The van der Waals surface area contributed by atoms with Gasteiger partial charge in [-0.05, 0) is 19.4 Å². The molecule has 0 aliphatic rings. The van der Waals surface area contributed by atoms with E-state index in [9.17, 15) is 22.8 Å². The molecule has 0 saturated carbocycles. The number of thioether (sulfide) groups is 1. The Labute approximate surface area is 124 Å². The predicted octanol–water partition coefficient (Wildman–Crippen LogP) is 1.14. The second-order valence-corrected chi connectivity index (χ2v) is 4.93. The molecule has 0 aromatic rings. The second kappa shape index (κ2) is 12.5. The molecule has 0 fully saturated rings. The molecule has 124 valence electrons. The quantitative estimate of drug-likeness (QED) is 0.603. The van der Waals surface area contributed by atoms with E-state index in [-0.39, 0.29) is 16.8 Å². The van der Waals surface area contributed by atoms with Gasteiger partial charge in [-0.25, -0.2) is 4.79 Å². The van der Waals surface area contributed by atoms with Crippen LogP contribution in [-0.2, 0) is 14.4 Å². The Morgan fingerprint density at radius 3 is 2.10 bits per heavy atom. The summed E-state index contributed by atoms with van der Waals surface area (Å²) in [5.74, 6) is -2.60. The lowest BCUT2D eigenvalue weighted by Crippen LogP contribution is -2.26. The largest absolute Gasteiger partial charge is 0.490 e. The number of hydrogen-bond acceptors (Lipinski definition) is 5. The topological polar surface area (TPSA) is 109 Å². The Bertz CT molecular complexity index is 338. The number of hydrogen-bond donors (Lipinski definition) is 3. The highest BCUT2D eigenvalue weighted by Gasteiger charge is 2.38. The fourth-order valence-electron chi connectivity index (χ4n) is 0.892. The van der Waals surface area contributed by atoms with Crippen LogP contribution in [0.3, 0.4) is 0 Å². The van der Waals surface area contributed by atoms with Crippen LogP contribution in [-0.4, -0.2) is 47.1 Å². The number of carboxylic acids is 1. The maximum atomic E-state index is 11.1. The van der Waals surface area contributed by atoms with Gasteiger partial charge in [0.25, 0.3) is 0 Å². The van der Waals surface area contributed by atoms with Crippen molar-refractivity contribution in [1.82, 2.24) is 5.32 Å². The summed E-state index contributed by atoms with van der Waals surface area (Å²) in [5, 5.41) is 9.84. The van der Waals surface area contributed by atoms with Crippen LogP contribution in [0.25, 0.3) is 0 Å². The summed E-state index contributed by atoms with van der Waals surface area (Å²) >= 11 is 1.04. The van der Waals surface area contributed by atoms with E-state index in [1.165, 1.54) is 6.92 Å². The molecule has 0 heterocycles. The fraction of sp³-hybridized carbons (Fsp3) is 0.727. The van der Waals surface area contributed by atoms with Crippen LogP contribution in [0.15, 0.2) is 0 Å². The molecule has 0 aromatic heterocycles. The number of nitrogens with two attached hydrogens (primary N) is 1. The molecule has 0 unspecified atom stereocenters. The van der Waals surface area contributed by atoms with Gasteiger partial charge in [-0.3, -0.25) is 9.59 Å². The van der Waals surface area contributed by atoms with Crippen LogP contribution >= 0.6 is 11.8 Å². The normalized spacial score (nSPS) is 10.3. The minimum atomic E-state index is -5.08. The van der Waals surface area contributed by atoms with Gasteiger partial charge in [0, 0.05) is 13.5 Å². The lowest BCUT2D eigenvalue weighted by molar-refractivity contribution is -0.192. The van der Waals surface area contributed by atoms with Crippen molar-refractivity contribution in [1.29, 1.82) is 0 Å². The molecule has 1 amide bonds. The predicted molar refractivity (Wildman–Crippen MR) is 72.7 cm³/mol. The van der Waals surface area contributed by atoms with Gasteiger partial charge in [0.1, 0.15) is 0 Å².